The first kappa shape index (κ1) is 15.6. The van der Waals surface area contributed by atoms with Crippen LogP contribution in [0.3, 0.4) is 0 Å². The van der Waals surface area contributed by atoms with Gasteiger partial charge in [-0.3, -0.25) is 9.59 Å². The second-order valence-electron chi connectivity index (χ2n) is 5.93. The van der Waals surface area contributed by atoms with Crippen LogP contribution in [0.4, 0.5) is 4.79 Å². The lowest BCUT2D eigenvalue weighted by Crippen LogP contribution is -2.50. The van der Waals surface area contributed by atoms with Crippen LogP contribution in [0.1, 0.15) is 19.3 Å². The van der Waals surface area contributed by atoms with Crippen molar-refractivity contribution in [3.8, 4) is 0 Å². The van der Waals surface area contributed by atoms with Crippen molar-refractivity contribution in [3.63, 3.8) is 0 Å². The maximum Gasteiger partial charge on any atom is 0.319 e. The van der Waals surface area contributed by atoms with Gasteiger partial charge in [0.05, 0.1) is 12.5 Å². The predicted octanol–water partition coefficient (Wildman–Crippen LogP) is -0.271. The number of hydrogen-bond donors (Lipinski definition) is 1. The van der Waals surface area contributed by atoms with Crippen LogP contribution in [0, 0.1) is 5.92 Å². The summed E-state index contributed by atoms with van der Waals surface area (Å²) >= 11 is 0. The van der Waals surface area contributed by atoms with Gasteiger partial charge in [0.15, 0.2) is 0 Å². The Morgan fingerprint density at radius 1 is 1.19 bits per heavy atom. The van der Waals surface area contributed by atoms with E-state index < -0.39 is 0 Å². The molecule has 118 valence electrons. The van der Waals surface area contributed by atoms with Crippen molar-refractivity contribution in [2.75, 3.05) is 46.8 Å². The van der Waals surface area contributed by atoms with Crippen molar-refractivity contribution in [1.82, 2.24) is 20.0 Å². The van der Waals surface area contributed by atoms with Gasteiger partial charge in [-0.15, -0.1) is 0 Å². The van der Waals surface area contributed by atoms with Crippen molar-refractivity contribution in [3.05, 3.63) is 0 Å². The van der Waals surface area contributed by atoms with Crippen LogP contribution in [0.2, 0.25) is 0 Å². The van der Waals surface area contributed by atoms with E-state index in [2.05, 4.69) is 5.32 Å². The third-order valence-electron chi connectivity index (χ3n) is 4.00. The molecule has 0 radical (unpaired) electrons. The van der Waals surface area contributed by atoms with Gasteiger partial charge < -0.3 is 20.0 Å². The van der Waals surface area contributed by atoms with Crippen molar-refractivity contribution in [1.29, 1.82) is 0 Å². The molecule has 21 heavy (non-hydrogen) atoms. The fraction of sp³-hybridized carbons (Fsp3) is 0.786. The fourth-order valence-electron chi connectivity index (χ4n) is 2.89. The lowest BCUT2D eigenvalue weighted by molar-refractivity contribution is -0.139. The molecule has 0 bridgehead atoms. The summed E-state index contributed by atoms with van der Waals surface area (Å²) in [6, 6.07) is -0.0545. The lowest BCUT2D eigenvalue weighted by Gasteiger charge is -2.35. The highest BCUT2D eigenvalue weighted by molar-refractivity contribution is 5.87. The molecule has 1 unspecified atom stereocenters. The summed E-state index contributed by atoms with van der Waals surface area (Å²) < 4.78 is 0. The van der Waals surface area contributed by atoms with E-state index in [-0.39, 0.29) is 30.3 Å². The van der Waals surface area contributed by atoms with Crippen LogP contribution < -0.4 is 5.32 Å². The van der Waals surface area contributed by atoms with E-state index in [0.29, 0.717) is 26.2 Å². The van der Waals surface area contributed by atoms with E-state index in [1.54, 1.807) is 23.9 Å². The topological polar surface area (TPSA) is 73.0 Å². The van der Waals surface area contributed by atoms with Gasteiger partial charge in [-0.2, -0.15) is 0 Å². The molecule has 2 rings (SSSR count). The molecule has 0 aromatic rings. The smallest absolute Gasteiger partial charge is 0.319 e. The van der Waals surface area contributed by atoms with Crippen LogP contribution in [0.5, 0.6) is 0 Å². The van der Waals surface area contributed by atoms with Gasteiger partial charge in [0.1, 0.15) is 0 Å². The minimum atomic E-state index is -0.187. The first-order valence-electron chi connectivity index (χ1n) is 7.50. The average Bonchev–Trinajstić information content (AvgIpc) is 2.70. The Morgan fingerprint density at radius 2 is 1.90 bits per heavy atom. The van der Waals surface area contributed by atoms with Crippen LogP contribution >= 0.6 is 0 Å². The number of carbonyl (C=O) groups is 3. The van der Waals surface area contributed by atoms with Gasteiger partial charge in [0.2, 0.25) is 11.8 Å². The normalized spacial score (nSPS) is 23.3. The Labute approximate surface area is 125 Å². The Morgan fingerprint density at radius 3 is 2.62 bits per heavy atom. The van der Waals surface area contributed by atoms with Crippen LogP contribution in [0.15, 0.2) is 0 Å². The number of nitrogens with zero attached hydrogens (tertiary/aromatic N) is 3. The van der Waals surface area contributed by atoms with E-state index in [9.17, 15) is 14.4 Å². The summed E-state index contributed by atoms with van der Waals surface area (Å²) in [6.45, 7) is 2.51. The Bertz CT molecular complexity index is 424. The SMILES string of the molecule is CN(C)C(=O)N1CCCC(C(=O)N2CCCNC(=O)C2)C1. The zero-order valence-electron chi connectivity index (χ0n) is 12.8. The van der Waals surface area contributed by atoms with Crippen molar-refractivity contribution < 1.29 is 14.4 Å². The van der Waals surface area contributed by atoms with Crippen LogP contribution in [-0.4, -0.2) is 79.4 Å². The molecule has 0 aromatic carbocycles. The zero-order chi connectivity index (χ0) is 15.4. The van der Waals surface area contributed by atoms with E-state index in [1.165, 1.54) is 4.90 Å². The van der Waals surface area contributed by atoms with E-state index >= 15 is 0 Å². The molecular formula is C14H24N4O3. The van der Waals surface area contributed by atoms with E-state index in [0.717, 1.165) is 19.3 Å². The molecule has 1 atom stereocenters. The first-order valence-corrected chi connectivity index (χ1v) is 7.50. The molecule has 2 saturated heterocycles. The highest BCUT2D eigenvalue weighted by Crippen LogP contribution is 2.20. The number of carbonyl (C=O) groups excluding carboxylic acids is 3. The Balaban J connectivity index is 1.98. The van der Waals surface area contributed by atoms with E-state index in [4.69, 9.17) is 0 Å². The lowest BCUT2D eigenvalue weighted by atomic mass is 9.96. The highest BCUT2D eigenvalue weighted by Gasteiger charge is 2.32. The van der Waals surface area contributed by atoms with Gasteiger partial charge in [0, 0.05) is 40.3 Å². The number of nitrogens with one attached hydrogen (secondary N) is 1. The minimum absolute atomic E-state index is 0.00306. The number of piperidine rings is 1. The summed E-state index contributed by atoms with van der Waals surface area (Å²) in [7, 11) is 3.43. The molecule has 0 aliphatic carbocycles. The molecule has 1 N–H and O–H groups in total. The third kappa shape index (κ3) is 3.86. The quantitative estimate of drug-likeness (QED) is 0.724. The van der Waals surface area contributed by atoms with Crippen molar-refractivity contribution in [2.24, 2.45) is 5.92 Å². The number of rotatable bonds is 1. The molecule has 7 nitrogen and oxygen atoms in total. The molecule has 0 saturated carbocycles. The number of hydrogen-bond acceptors (Lipinski definition) is 3. The minimum Gasteiger partial charge on any atom is -0.354 e. The molecule has 2 aliphatic rings. The Kier molecular flexibility index (Phi) is 5.03. The molecule has 0 spiro atoms. The monoisotopic (exact) mass is 296 g/mol. The fourth-order valence-corrected chi connectivity index (χ4v) is 2.89. The van der Waals surface area contributed by atoms with Crippen molar-refractivity contribution in [2.45, 2.75) is 19.3 Å². The molecule has 2 fully saturated rings. The van der Waals surface area contributed by atoms with Crippen molar-refractivity contribution >= 4 is 17.8 Å². The number of amides is 4. The zero-order valence-corrected chi connectivity index (χ0v) is 12.8. The maximum absolute atomic E-state index is 12.6. The molecule has 4 amide bonds. The summed E-state index contributed by atoms with van der Waals surface area (Å²) in [5.41, 5.74) is 0. The van der Waals surface area contributed by atoms with Crippen LogP contribution in [-0.2, 0) is 9.59 Å². The Hall–Kier alpha value is -1.79. The summed E-state index contributed by atoms with van der Waals surface area (Å²) in [4.78, 5) is 41.1. The predicted molar refractivity (Wildman–Crippen MR) is 77.6 cm³/mol. The van der Waals surface area contributed by atoms with Gasteiger partial charge >= 0.3 is 6.03 Å². The standard InChI is InChI=1S/C14H24N4O3/c1-16(2)14(21)18-7-3-5-11(9-18)13(20)17-8-4-6-15-12(19)10-17/h11H,3-10H2,1-2H3,(H,15,19). The third-order valence-corrected chi connectivity index (χ3v) is 4.00. The highest BCUT2D eigenvalue weighted by atomic mass is 16.2. The van der Waals surface area contributed by atoms with E-state index in [1.807, 2.05) is 0 Å². The molecule has 2 heterocycles. The molecule has 0 aromatic heterocycles. The van der Waals surface area contributed by atoms with Gasteiger partial charge in [-0.05, 0) is 19.3 Å². The second-order valence-corrected chi connectivity index (χ2v) is 5.93. The molecule has 7 heteroatoms. The van der Waals surface area contributed by atoms with Gasteiger partial charge in [0.25, 0.3) is 0 Å². The second kappa shape index (κ2) is 6.78. The molecule has 2 aliphatic heterocycles. The summed E-state index contributed by atoms with van der Waals surface area (Å²) in [5.74, 6) is -0.283. The molecular weight excluding hydrogens is 272 g/mol. The summed E-state index contributed by atoms with van der Waals surface area (Å²) in [6.07, 6.45) is 2.40. The van der Waals surface area contributed by atoms with Gasteiger partial charge in [-0.25, -0.2) is 4.79 Å². The maximum atomic E-state index is 12.6. The largest absolute Gasteiger partial charge is 0.354 e. The first-order chi connectivity index (χ1) is 9.99. The average molecular weight is 296 g/mol. The van der Waals surface area contributed by atoms with Gasteiger partial charge in [-0.1, -0.05) is 0 Å². The summed E-state index contributed by atoms with van der Waals surface area (Å²) in [5, 5.41) is 2.77. The number of likely N-dealkylation sites (tertiary alicyclic amines) is 1. The number of urea groups is 1. The van der Waals surface area contributed by atoms with Crippen LogP contribution in [0.25, 0.3) is 0 Å².